The Labute approximate surface area is 202 Å². The van der Waals surface area contributed by atoms with Crippen molar-refractivity contribution < 1.29 is 23.1 Å². The van der Waals surface area contributed by atoms with E-state index in [9.17, 15) is 13.2 Å². The third-order valence-corrected chi connectivity index (χ3v) is 8.38. The zero-order valence-corrected chi connectivity index (χ0v) is 20.5. The van der Waals surface area contributed by atoms with Crippen molar-refractivity contribution in [1.82, 2.24) is 14.7 Å². The number of fused-ring (bicyclic) bond motifs is 1. The average Bonchev–Trinajstić information content (AvgIpc) is 3.50. The summed E-state index contributed by atoms with van der Waals surface area (Å²) in [5.41, 5.74) is 1.43. The normalized spacial score (nSPS) is 15.5. The zero-order valence-electron chi connectivity index (χ0n) is 18.9. The largest absolute Gasteiger partial charge is 0.481 e. The second-order valence-corrected chi connectivity index (χ2v) is 11.1. The molecule has 3 N–H and O–H groups in total. The fraction of sp³-hybridized carbons (Fsp3) is 0.435. The minimum absolute atomic E-state index is 0.0559. The molecule has 182 valence electrons. The number of carbonyl (C=O) groups is 1. The van der Waals surface area contributed by atoms with Gasteiger partial charge in [-0.15, -0.1) is 0 Å². The van der Waals surface area contributed by atoms with Crippen molar-refractivity contribution >= 4 is 42.7 Å². The Balaban J connectivity index is 1.56. The predicted molar refractivity (Wildman–Crippen MR) is 131 cm³/mol. The van der Waals surface area contributed by atoms with Crippen molar-refractivity contribution in [3.8, 4) is 5.88 Å². The Kier molecular flexibility index (Phi) is 7.77. The number of methoxy groups -OCH3 is 1. The number of pyridine rings is 1. The van der Waals surface area contributed by atoms with Gasteiger partial charge in [0.05, 0.1) is 24.5 Å². The molecule has 1 saturated carbocycles. The predicted octanol–water partition coefficient (Wildman–Crippen LogP) is 3.27. The van der Waals surface area contributed by atoms with Crippen LogP contribution in [0.3, 0.4) is 0 Å². The van der Waals surface area contributed by atoms with Gasteiger partial charge in [-0.05, 0) is 36.1 Å². The molecule has 0 saturated heterocycles. The first-order chi connectivity index (χ1) is 16.4. The van der Waals surface area contributed by atoms with Crippen LogP contribution in [0, 0.1) is 5.92 Å². The maximum absolute atomic E-state index is 13.4. The summed E-state index contributed by atoms with van der Waals surface area (Å²) in [6.45, 7) is -0.339. The van der Waals surface area contributed by atoms with E-state index >= 15 is 0 Å². The molecule has 0 bridgehead atoms. The number of aliphatic hydroxyl groups is 1. The Bertz CT molecular complexity index is 1240. The fourth-order valence-electron chi connectivity index (χ4n) is 4.28. The van der Waals surface area contributed by atoms with Gasteiger partial charge in [0.2, 0.25) is 21.8 Å². The monoisotopic (exact) mass is 504 g/mol. The number of anilines is 1. The summed E-state index contributed by atoms with van der Waals surface area (Å²) in [6.07, 6.45) is 5.20. The van der Waals surface area contributed by atoms with Crippen molar-refractivity contribution in [2.75, 3.05) is 25.6 Å². The van der Waals surface area contributed by atoms with Gasteiger partial charge in [-0.2, -0.15) is 0 Å². The van der Waals surface area contributed by atoms with Gasteiger partial charge in [0.15, 0.2) is 5.13 Å². The number of aliphatic hydroxyl groups excluding tert-OH is 1. The molecular weight excluding hydrogens is 476 g/mol. The van der Waals surface area contributed by atoms with Gasteiger partial charge >= 0.3 is 0 Å². The minimum atomic E-state index is -3.71. The van der Waals surface area contributed by atoms with E-state index in [1.165, 1.54) is 23.5 Å². The average molecular weight is 505 g/mol. The van der Waals surface area contributed by atoms with E-state index in [-0.39, 0.29) is 24.0 Å². The number of aromatic nitrogens is 2. The number of rotatable bonds is 10. The first-order valence-corrected chi connectivity index (χ1v) is 13.5. The lowest BCUT2D eigenvalue weighted by Gasteiger charge is -2.20. The maximum Gasteiger partial charge on any atom is 0.240 e. The summed E-state index contributed by atoms with van der Waals surface area (Å²) in [6, 6.07) is 9.90. The summed E-state index contributed by atoms with van der Waals surface area (Å²) < 4.78 is 32.2. The molecule has 0 aliphatic heterocycles. The van der Waals surface area contributed by atoms with Crippen LogP contribution in [0.4, 0.5) is 5.13 Å². The smallest absolute Gasteiger partial charge is 0.240 e. The van der Waals surface area contributed by atoms with Crippen LogP contribution in [-0.4, -0.2) is 49.7 Å². The number of sulfonamides is 1. The Morgan fingerprint density at radius 2 is 1.91 bits per heavy atom. The zero-order chi connectivity index (χ0) is 24.1. The van der Waals surface area contributed by atoms with Gasteiger partial charge in [0.1, 0.15) is 10.3 Å². The van der Waals surface area contributed by atoms with Gasteiger partial charge in [-0.3, -0.25) is 4.79 Å². The van der Waals surface area contributed by atoms with Crippen LogP contribution < -0.4 is 14.8 Å². The summed E-state index contributed by atoms with van der Waals surface area (Å²) in [4.78, 5) is 23.0. The number of amides is 1. The van der Waals surface area contributed by atoms with Crippen molar-refractivity contribution in [1.29, 1.82) is 0 Å². The van der Waals surface area contributed by atoms with Gasteiger partial charge in [0, 0.05) is 12.6 Å². The lowest BCUT2D eigenvalue weighted by Crippen LogP contribution is -2.27. The first-order valence-electron chi connectivity index (χ1n) is 11.2. The molecule has 2 heterocycles. The van der Waals surface area contributed by atoms with E-state index < -0.39 is 15.9 Å². The highest BCUT2D eigenvalue weighted by Crippen LogP contribution is 2.36. The molecule has 11 heteroatoms. The summed E-state index contributed by atoms with van der Waals surface area (Å²) >= 11 is 1.28. The van der Waals surface area contributed by atoms with Crippen molar-refractivity contribution in [2.45, 2.75) is 42.9 Å². The van der Waals surface area contributed by atoms with Gasteiger partial charge in [-0.25, -0.2) is 23.1 Å². The molecule has 0 spiro atoms. The second-order valence-electron chi connectivity index (χ2n) is 8.32. The SMILES string of the molecule is COc1ccc2nc(NC(=O)C(CC3CCCC3)c3ccc(S(=O)(=O)NCCO)cc3)sc2n1. The Hall–Kier alpha value is -2.60. The molecule has 34 heavy (non-hydrogen) atoms. The molecule has 1 fully saturated rings. The maximum atomic E-state index is 13.4. The third-order valence-electron chi connectivity index (χ3n) is 6.03. The van der Waals surface area contributed by atoms with Gasteiger partial charge in [0.25, 0.3) is 0 Å². The first kappa shape index (κ1) is 24.5. The van der Waals surface area contributed by atoms with Crippen LogP contribution in [0.25, 0.3) is 10.3 Å². The van der Waals surface area contributed by atoms with Crippen LogP contribution in [-0.2, 0) is 14.8 Å². The van der Waals surface area contributed by atoms with E-state index in [1.807, 2.05) is 0 Å². The number of ether oxygens (including phenoxy) is 1. The van der Waals surface area contributed by atoms with Crippen LogP contribution >= 0.6 is 11.3 Å². The van der Waals surface area contributed by atoms with Crippen LogP contribution in [0.1, 0.15) is 43.6 Å². The molecule has 1 amide bonds. The molecule has 1 unspecified atom stereocenters. The standard InChI is InChI=1S/C23H28N4O5S2/c1-32-20-11-10-19-22(26-20)33-23(25-19)27-21(29)18(14-15-4-2-3-5-15)16-6-8-17(9-7-16)34(30,31)24-12-13-28/h6-11,15,18,24,28H,2-5,12-14H2,1H3,(H,25,27,29). The molecule has 9 nitrogen and oxygen atoms in total. The molecule has 2 aromatic heterocycles. The van der Waals surface area contributed by atoms with E-state index in [2.05, 4.69) is 20.0 Å². The number of hydrogen-bond donors (Lipinski definition) is 3. The minimum Gasteiger partial charge on any atom is -0.481 e. The summed E-state index contributed by atoms with van der Waals surface area (Å²) in [5, 5.41) is 12.3. The van der Waals surface area contributed by atoms with E-state index in [4.69, 9.17) is 9.84 Å². The lowest BCUT2D eigenvalue weighted by atomic mass is 9.87. The number of nitrogens with zero attached hydrogens (tertiary/aromatic N) is 2. The molecular formula is C23H28N4O5S2. The second kappa shape index (κ2) is 10.8. The highest BCUT2D eigenvalue weighted by molar-refractivity contribution is 7.89. The topological polar surface area (TPSA) is 131 Å². The third kappa shape index (κ3) is 5.72. The molecule has 1 atom stereocenters. The Morgan fingerprint density at radius 3 is 2.59 bits per heavy atom. The highest BCUT2D eigenvalue weighted by Gasteiger charge is 2.28. The highest BCUT2D eigenvalue weighted by atomic mass is 32.2. The molecule has 1 aliphatic carbocycles. The van der Waals surface area contributed by atoms with E-state index in [0.29, 0.717) is 33.7 Å². The molecule has 1 aromatic carbocycles. The van der Waals surface area contributed by atoms with Crippen LogP contribution in [0.2, 0.25) is 0 Å². The quantitative estimate of drug-likeness (QED) is 0.386. The molecule has 1 aliphatic rings. The number of nitrogens with one attached hydrogen (secondary N) is 2. The van der Waals surface area contributed by atoms with Crippen molar-refractivity contribution in [2.24, 2.45) is 5.92 Å². The van der Waals surface area contributed by atoms with Gasteiger partial charge in [-0.1, -0.05) is 49.2 Å². The van der Waals surface area contributed by atoms with Crippen LogP contribution in [0.15, 0.2) is 41.3 Å². The summed E-state index contributed by atoms with van der Waals surface area (Å²) in [5.74, 6) is 0.329. The van der Waals surface area contributed by atoms with E-state index in [0.717, 1.165) is 31.2 Å². The molecule has 0 radical (unpaired) electrons. The van der Waals surface area contributed by atoms with E-state index in [1.54, 1.807) is 31.4 Å². The molecule has 4 rings (SSSR count). The molecule has 3 aromatic rings. The van der Waals surface area contributed by atoms with Crippen LogP contribution in [0.5, 0.6) is 5.88 Å². The number of thiazole rings is 1. The fourth-order valence-corrected chi connectivity index (χ4v) is 6.13. The van der Waals surface area contributed by atoms with Crippen molar-refractivity contribution in [3.63, 3.8) is 0 Å². The lowest BCUT2D eigenvalue weighted by molar-refractivity contribution is -0.118. The Morgan fingerprint density at radius 1 is 1.18 bits per heavy atom. The number of hydrogen-bond acceptors (Lipinski definition) is 8. The number of benzene rings is 1. The summed E-state index contributed by atoms with van der Waals surface area (Å²) in [7, 11) is -2.17. The number of carbonyl (C=O) groups excluding carboxylic acids is 1. The van der Waals surface area contributed by atoms with Crippen molar-refractivity contribution in [3.05, 3.63) is 42.0 Å². The van der Waals surface area contributed by atoms with Gasteiger partial charge < -0.3 is 15.2 Å².